The molecule has 0 saturated carbocycles. The van der Waals surface area contributed by atoms with E-state index >= 15 is 0 Å². The highest BCUT2D eigenvalue weighted by molar-refractivity contribution is 6.28. The molecule has 0 amide bonds. The third-order valence-corrected chi connectivity index (χ3v) is 3.18. The number of aromatic nitrogens is 3. The Balaban J connectivity index is 2.44. The van der Waals surface area contributed by atoms with Crippen molar-refractivity contribution in [3.63, 3.8) is 0 Å². The van der Waals surface area contributed by atoms with Crippen LogP contribution in [0.3, 0.4) is 0 Å². The first kappa shape index (κ1) is 17.9. The number of hydrogen-bond acceptors (Lipinski definition) is 6. The molecule has 120 valence electrons. The van der Waals surface area contributed by atoms with Crippen LogP contribution in [0, 0.1) is 5.92 Å². The van der Waals surface area contributed by atoms with Crippen molar-refractivity contribution in [2.24, 2.45) is 5.92 Å². The number of hydrogen-bond donors (Lipinski definition) is 1. The van der Waals surface area contributed by atoms with Crippen LogP contribution >= 0.6 is 11.6 Å². The van der Waals surface area contributed by atoms with Gasteiger partial charge in [0.05, 0.1) is 6.61 Å². The summed E-state index contributed by atoms with van der Waals surface area (Å²) in [4.78, 5) is 14.6. The number of anilines is 2. The van der Waals surface area contributed by atoms with E-state index in [0.717, 1.165) is 26.1 Å². The van der Waals surface area contributed by atoms with Gasteiger partial charge in [0.2, 0.25) is 17.2 Å². The Morgan fingerprint density at radius 2 is 1.86 bits per heavy atom. The summed E-state index contributed by atoms with van der Waals surface area (Å²) < 4.78 is 5.54. The van der Waals surface area contributed by atoms with E-state index in [2.05, 4.69) is 48.0 Å². The Kier molecular flexibility index (Phi) is 8.30. The average Bonchev–Trinajstić information content (AvgIpc) is 2.43. The van der Waals surface area contributed by atoms with Gasteiger partial charge in [-0.2, -0.15) is 15.0 Å². The first-order valence-corrected chi connectivity index (χ1v) is 7.92. The molecule has 0 saturated heterocycles. The van der Waals surface area contributed by atoms with Crippen molar-refractivity contribution in [3.05, 3.63) is 5.28 Å². The molecule has 1 aromatic heterocycles. The minimum atomic E-state index is 0.204. The molecule has 7 heteroatoms. The van der Waals surface area contributed by atoms with Gasteiger partial charge in [0.1, 0.15) is 0 Å². The van der Waals surface area contributed by atoms with E-state index < -0.39 is 0 Å². The Labute approximate surface area is 132 Å². The monoisotopic (exact) mass is 315 g/mol. The van der Waals surface area contributed by atoms with Gasteiger partial charge < -0.3 is 15.0 Å². The van der Waals surface area contributed by atoms with E-state index in [0.29, 0.717) is 31.0 Å². The molecule has 0 spiro atoms. The third-order valence-electron chi connectivity index (χ3n) is 3.01. The van der Waals surface area contributed by atoms with Crippen molar-refractivity contribution in [2.45, 2.75) is 34.1 Å². The topological polar surface area (TPSA) is 63.2 Å². The van der Waals surface area contributed by atoms with E-state index in [1.165, 1.54) is 0 Å². The normalized spacial score (nSPS) is 11.0. The van der Waals surface area contributed by atoms with Gasteiger partial charge in [-0.25, -0.2) is 0 Å². The highest BCUT2D eigenvalue weighted by Crippen LogP contribution is 2.13. The van der Waals surface area contributed by atoms with Crippen LogP contribution in [-0.2, 0) is 4.74 Å². The lowest BCUT2D eigenvalue weighted by Gasteiger charge is -2.18. The first-order valence-electron chi connectivity index (χ1n) is 7.54. The summed E-state index contributed by atoms with van der Waals surface area (Å²) in [6, 6.07) is 0. The Morgan fingerprint density at radius 1 is 1.14 bits per heavy atom. The molecular weight excluding hydrogens is 290 g/mol. The van der Waals surface area contributed by atoms with Crippen LogP contribution in [0.15, 0.2) is 0 Å². The Hall–Kier alpha value is -1.14. The molecule has 1 rings (SSSR count). The fourth-order valence-electron chi connectivity index (χ4n) is 1.72. The highest BCUT2D eigenvalue weighted by Gasteiger charge is 2.09. The van der Waals surface area contributed by atoms with Crippen molar-refractivity contribution >= 4 is 23.5 Å². The van der Waals surface area contributed by atoms with Crippen molar-refractivity contribution < 1.29 is 4.74 Å². The summed E-state index contributed by atoms with van der Waals surface area (Å²) in [6.07, 6.45) is 1.07. The van der Waals surface area contributed by atoms with Crippen molar-refractivity contribution in [1.82, 2.24) is 15.0 Å². The lowest BCUT2D eigenvalue weighted by molar-refractivity contribution is 0.132. The average molecular weight is 316 g/mol. The van der Waals surface area contributed by atoms with Gasteiger partial charge in [-0.3, -0.25) is 0 Å². The van der Waals surface area contributed by atoms with E-state index in [-0.39, 0.29) is 5.28 Å². The fourth-order valence-corrected chi connectivity index (χ4v) is 1.88. The summed E-state index contributed by atoms with van der Waals surface area (Å²) in [5.74, 6) is 1.75. The number of nitrogens with one attached hydrogen (secondary N) is 1. The molecular formula is C14H26ClN5O. The van der Waals surface area contributed by atoms with Crippen LogP contribution in [0.2, 0.25) is 5.28 Å². The lowest BCUT2D eigenvalue weighted by Crippen LogP contribution is -2.25. The molecule has 0 aliphatic rings. The fraction of sp³-hybridized carbons (Fsp3) is 0.786. The maximum absolute atomic E-state index is 5.95. The zero-order valence-electron chi connectivity index (χ0n) is 13.4. The maximum atomic E-state index is 5.95. The van der Waals surface area contributed by atoms with Crippen molar-refractivity contribution in [2.75, 3.05) is 43.1 Å². The van der Waals surface area contributed by atoms with Crippen LogP contribution < -0.4 is 10.2 Å². The molecule has 1 aromatic rings. The Bertz CT molecular complexity index is 412. The van der Waals surface area contributed by atoms with Gasteiger partial charge in [0.15, 0.2) is 0 Å². The summed E-state index contributed by atoms with van der Waals surface area (Å²) in [5, 5.41) is 3.32. The van der Waals surface area contributed by atoms with Crippen LogP contribution in [0.25, 0.3) is 0 Å². The minimum absolute atomic E-state index is 0.204. The molecule has 0 bridgehead atoms. The van der Waals surface area contributed by atoms with E-state index in [4.69, 9.17) is 16.3 Å². The second kappa shape index (κ2) is 9.73. The highest BCUT2D eigenvalue weighted by atomic mass is 35.5. The molecule has 0 unspecified atom stereocenters. The number of nitrogens with zero attached hydrogens (tertiary/aromatic N) is 4. The molecule has 1 heterocycles. The third kappa shape index (κ3) is 6.91. The van der Waals surface area contributed by atoms with Gasteiger partial charge in [0, 0.05) is 26.2 Å². The predicted molar refractivity (Wildman–Crippen MR) is 87.2 cm³/mol. The quantitative estimate of drug-likeness (QED) is 0.670. The van der Waals surface area contributed by atoms with Crippen LogP contribution in [0.1, 0.15) is 34.1 Å². The van der Waals surface area contributed by atoms with Gasteiger partial charge in [-0.05, 0) is 37.8 Å². The summed E-state index contributed by atoms with van der Waals surface area (Å²) >= 11 is 5.95. The largest absolute Gasteiger partial charge is 0.380 e. The standard InChI is InChI=1S/C14H26ClN5O/c1-5-20(6-2)14-18-12(15)17-13(19-14)16-8-10-21-9-7-11(3)4/h11H,5-10H2,1-4H3,(H,16,17,18,19). The summed E-state index contributed by atoms with van der Waals surface area (Å²) in [7, 11) is 0. The molecule has 0 aliphatic carbocycles. The van der Waals surface area contributed by atoms with E-state index in [1.54, 1.807) is 0 Å². The second-order valence-corrected chi connectivity index (χ2v) is 5.46. The van der Waals surface area contributed by atoms with Crippen LogP contribution in [0.4, 0.5) is 11.9 Å². The molecule has 6 nitrogen and oxygen atoms in total. The second-order valence-electron chi connectivity index (χ2n) is 5.12. The zero-order valence-corrected chi connectivity index (χ0v) is 14.2. The van der Waals surface area contributed by atoms with Crippen LogP contribution in [0.5, 0.6) is 0 Å². The molecule has 0 atom stereocenters. The van der Waals surface area contributed by atoms with Crippen molar-refractivity contribution in [3.8, 4) is 0 Å². The van der Waals surface area contributed by atoms with Crippen LogP contribution in [-0.4, -0.2) is 47.8 Å². The van der Waals surface area contributed by atoms with Gasteiger partial charge in [-0.15, -0.1) is 0 Å². The van der Waals surface area contributed by atoms with Gasteiger partial charge in [0.25, 0.3) is 0 Å². The van der Waals surface area contributed by atoms with E-state index in [1.807, 2.05) is 4.90 Å². The SMILES string of the molecule is CCN(CC)c1nc(Cl)nc(NCCOCCC(C)C)n1. The molecule has 0 fully saturated rings. The molecule has 0 aliphatic heterocycles. The first-order chi connectivity index (χ1) is 10.1. The zero-order chi connectivity index (χ0) is 15.7. The number of ether oxygens (including phenoxy) is 1. The van der Waals surface area contributed by atoms with Gasteiger partial charge >= 0.3 is 0 Å². The number of halogens is 1. The minimum Gasteiger partial charge on any atom is -0.380 e. The maximum Gasteiger partial charge on any atom is 0.231 e. The Morgan fingerprint density at radius 3 is 2.48 bits per heavy atom. The predicted octanol–water partition coefficient (Wildman–Crippen LogP) is 2.85. The number of rotatable bonds is 10. The van der Waals surface area contributed by atoms with E-state index in [9.17, 15) is 0 Å². The van der Waals surface area contributed by atoms with Crippen molar-refractivity contribution in [1.29, 1.82) is 0 Å². The molecule has 0 radical (unpaired) electrons. The summed E-state index contributed by atoms with van der Waals surface area (Å²) in [5.41, 5.74) is 0. The smallest absolute Gasteiger partial charge is 0.231 e. The molecule has 1 N–H and O–H groups in total. The van der Waals surface area contributed by atoms with Gasteiger partial charge in [-0.1, -0.05) is 13.8 Å². The molecule has 21 heavy (non-hydrogen) atoms. The molecule has 0 aromatic carbocycles. The summed E-state index contributed by atoms with van der Waals surface area (Å²) in [6.45, 7) is 12.2. The lowest BCUT2D eigenvalue weighted by atomic mass is 10.1.